The summed E-state index contributed by atoms with van der Waals surface area (Å²) in [6, 6.07) is 9.28. The summed E-state index contributed by atoms with van der Waals surface area (Å²) in [5.74, 6) is 0.694. The zero-order valence-corrected chi connectivity index (χ0v) is 12.9. The maximum atomic E-state index is 11.6. The van der Waals surface area contributed by atoms with E-state index in [1.54, 1.807) is 6.07 Å². The smallest absolute Gasteiger partial charge is 0.251 e. The Balaban J connectivity index is 2.07. The second kappa shape index (κ2) is 7.50. The van der Waals surface area contributed by atoms with Gasteiger partial charge in [0.15, 0.2) is 5.16 Å². The Bertz CT molecular complexity index is 627. The molecule has 1 N–H and O–H groups in total. The van der Waals surface area contributed by atoms with E-state index >= 15 is 0 Å². The number of aromatic amines is 1. The Labute approximate surface area is 127 Å². The molecule has 1 aromatic heterocycles. The van der Waals surface area contributed by atoms with Gasteiger partial charge in [-0.15, -0.1) is 0 Å². The first-order valence-corrected chi connectivity index (χ1v) is 8.02. The Kier molecular flexibility index (Phi) is 5.68. The highest BCUT2D eigenvalue weighted by Crippen LogP contribution is 2.23. The zero-order chi connectivity index (χ0) is 14.4. The number of unbranched alkanes of at least 4 members (excludes halogenated alkanes) is 1. The molecule has 20 heavy (non-hydrogen) atoms. The molecule has 0 amide bonds. The summed E-state index contributed by atoms with van der Waals surface area (Å²) in [4.78, 5) is 18.9. The molecule has 0 aliphatic rings. The number of rotatable bonds is 6. The first-order chi connectivity index (χ1) is 9.69. The van der Waals surface area contributed by atoms with Crippen LogP contribution in [0.4, 0.5) is 0 Å². The van der Waals surface area contributed by atoms with Crippen molar-refractivity contribution in [2.75, 3.05) is 0 Å². The number of H-pyrrole nitrogens is 1. The standard InChI is InChI=1S/C15H17ClN2OS/c1-2-3-7-12-9-14(19)18-15(17-12)20-10-11-6-4-5-8-13(11)16/h4-6,8-9H,2-3,7,10H2,1H3,(H,17,18,19). The van der Waals surface area contributed by atoms with Crippen LogP contribution in [-0.2, 0) is 12.2 Å². The van der Waals surface area contributed by atoms with Crippen molar-refractivity contribution in [3.05, 3.63) is 57.0 Å². The predicted molar refractivity (Wildman–Crippen MR) is 84.5 cm³/mol. The van der Waals surface area contributed by atoms with Crippen LogP contribution in [0.2, 0.25) is 5.02 Å². The molecule has 0 saturated carbocycles. The Hall–Kier alpha value is -1.26. The van der Waals surface area contributed by atoms with E-state index in [0.29, 0.717) is 10.9 Å². The minimum absolute atomic E-state index is 0.0900. The molecule has 0 radical (unpaired) electrons. The molecule has 0 aliphatic heterocycles. The Morgan fingerprint density at radius 1 is 1.35 bits per heavy atom. The highest BCUT2D eigenvalue weighted by atomic mass is 35.5. The number of benzene rings is 1. The van der Waals surface area contributed by atoms with E-state index in [0.717, 1.165) is 35.5 Å². The van der Waals surface area contributed by atoms with Crippen molar-refractivity contribution in [1.82, 2.24) is 9.97 Å². The van der Waals surface area contributed by atoms with Crippen LogP contribution in [-0.4, -0.2) is 9.97 Å². The quantitative estimate of drug-likeness (QED) is 0.646. The average molecular weight is 309 g/mol. The van der Waals surface area contributed by atoms with E-state index in [2.05, 4.69) is 16.9 Å². The molecule has 0 bridgehead atoms. The first kappa shape index (κ1) is 15.1. The topological polar surface area (TPSA) is 45.8 Å². The summed E-state index contributed by atoms with van der Waals surface area (Å²) < 4.78 is 0. The molecule has 106 valence electrons. The van der Waals surface area contributed by atoms with Crippen LogP contribution in [0.15, 0.2) is 40.3 Å². The van der Waals surface area contributed by atoms with Gasteiger partial charge in [0.05, 0.1) is 0 Å². The van der Waals surface area contributed by atoms with Crippen LogP contribution in [0, 0.1) is 0 Å². The third kappa shape index (κ3) is 4.39. The van der Waals surface area contributed by atoms with Crippen LogP contribution in [0.3, 0.4) is 0 Å². The summed E-state index contributed by atoms with van der Waals surface area (Å²) in [6.45, 7) is 2.13. The van der Waals surface area contributed by atoms with Gasteiger partial charge in [0.25, 0.3) is 5.56 Å². The largest absolute Gasteiger partial charge is 0.301 e. The molecule has 5 heteroatoms. The Morgan fingerprint density at radius 3 is 2.90 bits per heavy atom. The molecule has 2 rings (SSSR count). The lowest BCUT2D eigenvalue weighted by Crippen LogP contribution is -2.10. The van der Waals surface area contributed by atoms with Gasteiger partial charge in [0.1, 0.15) is 0 Å². The molecule has 0 saturated heterocycles. The molecule has 0 atom stereocenters. The van der Waals surface area contributed by atoms with Crippen molar-refractivity contribution >= 4 is 23.4 Å². The average Bonchev–Trinajstić information content (AvgIpc) is 2.44. The number of halogens is 1. The number of thioether (sulfide) groups is 1. The third-order valence-electron chi connectivity index (χ3n) is 2.88. The molecule has 0 fully saturated rings. The molecule has 1 heterocycles. The highest BCUT2D eigenvalue weighted by Gasteiger charge is 2.04. The summed E-state index contributed by atoms with van der Waals surface area (Å²) in [5.41, 5.74) is 1.81. The Morgan fingerprint density at radius 2 is 2.15 bits per heavy atom. The van der Waals surface area contributed by atoms with Gasteiger partial charge in [-0.25, -0.2) is 4.98 Å². The maximum absolute atomic E-state index is 11.6. The van der Waals surface area contributed by atoms with Gasteiger partial charge in [-0.1, -0.05) is 54.9 Å². The van der Waals surface area contributed by atoms with Crippen molar-refractivity contribution in [2.45, 2.75) is 37.1 Å². The van der Waals surface area contributed by atoms with Crippen molar-refractivity contribution in [2.24, 2.45) is 0 Å². The summed E-state index contributed by atoms with van der Waals surface area (Å²) in [7, 11) is 0. The van der Waals surface area contributed by atoms with Gasteiger partial charge in [-0.05, 0) is 24.5 Å². The van der Waals surface area contributed by atoms with Crippen LogP contribution < -0.4 is 5.56 Å². The van der Waals surface area contributed by atoms with Gasteiger partial charge >= 0.3 is 0 Å². The number of hydrogen-bond acceptors (Lipinski definition) is 3. The van der Waals surface area contributed by atoms with Gasteiger partial charge in [0, 0.05) is 22.5 Å². The van der Waals surface area contributed by atoms with E-state index in [4.69, 9.17) is 11.6 Å². The fourth-order valence-corrected chi connectivity index (χ4v) is 2.98. The number of aryl methyl sites for hydroxylation is 1. The molecule has 0 aliphatic carbocycles. The second-order valence-electron chi connectivity index (χ2n) is 4.53. The normalized spacial score (nSPS) is 10.7. The van der Waals surface area contributed by atoms with Crippen LogP contribution in [0.5, 0.6) is 0 Å². The van der Waals surface area contributed by atoms with Crippen LogP contribution >= 0.6 is 23.4 Å². The van der Waals surface area contributed by atoms with Gasteiger partial charge in [-0.3, -0.25) is 4.79 Å². The van der Waals surface area contributed by atoms with Crippen LogP contribution in [0.1, 0.15) is 31.0 Å². The van der Waals surface area contributed by atoms with Gasteiger partial charge in [0.2, 0.25) is 0 Å². The molecule has 0 spiro atoms. The number of nitrogens with one attached hydrogen (secondary N) is 1. The van der Waals surface area contributed by atoms with Crippen molar-refractivity contribution in [1.29, 1.82) is 0 Å². The lowest BCUT2D eigenvalue weighted by atomic mass is 10.2. The third-order valence-corrected chi connectivity index (χ3v) is 4.17. The van der Waals surface area contributed by atoms with Gasteiger partial charge in [-0.2, -0.15) is 0 Å². The van der Waals surface area contributed by atoms with Crippen LogP contribution in [0.25, 0.3) is 0 Å². The number of hydrogen-bond donors (Lipinski definition) is 1. The number of aromatic nitrogens is 2. The summed E-state index contributed by atoms with van der Waals surface area (Å²) in [5, 5.41) is 1.40. The van der Waals surface area contributed by atoms with E-state index < -0.39 is 0 Å². The highest BCUT2D eigenvalue weighted by molar-refractivity contribution is 7.98. The molecular formula is C15H17ClN2OS. The second-order valence-corrected chi connectivity index (χ2v) is 5.90. The molecule has 1 aromatic carbocycles. The monoisotopic (exact) mass is 308 g/mol. The van der Waals surface area contributed by atoms with E-state index in [9.17, 15) is 4.79 Å². The fraction of sp³-hybridized carbons (Fsp3) is 0.333. The van der Waals surface area contributed by atoms with E-state index in [-0.39, 0.29) is 5.56 Å². The van der Waals surface area contributed by atoms with Crippen molar-refractivity contribution < 1.29 is 0 Å². The van der Waals surface area contributed by atoms with Crippen molar-refractivity contribution in [3.8, 4) is 0 Å². The summed E-state index contributed by atoms with van der Waals surface area (Å²) >= 11 is 7.61. The predicted octanol–water partition coefficient (Wildman–Crippen LogP) is 4.06. The van der Waals surface area contributed by atoms with E-state index in [1.165, 1.54) is 11.8 Å². The number of nitrogens with zero attached hydrogens (tertiary/aromatic N) is 1. The molecule has 2 aromatic rings. The van der Waals surface area contributed by atoms with Crippen molar-refractivity contribution in [3.63, 3.8) is 0 Å². The first-order valence-electron chi connectivity index (χ1n) is 6.65. The lowest BCUT2D eigenvalue weighted by Gasteiger charge is -2.05. The molecular weight excluding hydrogens is 292 g/mol. The minimum Gasteiger partial charge on any atom is -0.301 e. The molecule has 3 nitrogen and oxygen atoms in total. The van der Waals surface area contributed by atoms with E-state index in [1.807, 2.05) is 24.3 Å². The fourth-order valence-electron chi connectivity index (χ4n) is 1.80. The zero-order valence-electron chi connectivity index (χ0n) is 11.4. The SMILES string of the molecule is CCCCc1cc(=O)[nH]c(SCc2ccccc2Cl)n1. The van der Waals surface area contributed by atoms with Gasteiger partial charge < -0.3 is 4.98 Å². The minimum atomic E-state index is -0.0900. The molecule has 0 unspecified atom stereocenters. The lowest BCUT2D eigenvalue weighted by molar-refractivity contribution is 0.752. The maximum Gasteiger partial charge on any atom is 0.251 e. The summed E-state index contributed by atoms with van der Waals surface area (Å²) in [6.07, 6.45) is 2.99.